The van der Waals surface area contributed by atoms with Gasteiger partial charge in [0.1, 0.15) is 0 Å². The number of nitrogens with two attached hydrogens (primary N) is 2. The summed E-state index contributed by atoms with van der Waals surface area (Å²) in [4.78, 5) is 0. The Hall–Kier alpha value is -1.86. The van der Waals surface area contributed by atoms with E-state index in [1.165, 1.54) is 0 Å². The van der Waals surface area contributed by atoms with E-state index in [9.17, 15) is 0 Å². The van der Waals surface area contributed by atoms with E-state index >= 15 is 0 Å². The van der Waals surface area contributed by atoms with Crippen LogP contribution in [-0.2, 0) is 0 Å². The van der Waals surface area contributed by atoms with Gasteiger partial charge in [-0.25, -0.2) is 11.1 Å². The Labute approximate surface area is 70.7 Å². The highest BCUT2D eigenvalue weighted by molar-refractivity contribution is 5.53. The van der Waals surface area contributed by atoms with E-state index in [0.717, 1.165) is 12.7 Å². The van der Waals surface area contributed by atoms with Crippen LogP contribution in [0.15, 0.2) is 20.4 Å². The van der Waals surface area contributed by atoms with Gasteiger partial charge < -0.3 is 11.7 Å². The highest BCUT2D eigenvalue weighted by atomic mass is 15.2. The molecule has 0 unspecified atom stereocenters. The average molecular weight is 174 g/mol. The summed E-state index contributed by atoms with van der Waals surface area (Å²) in [5.74, 6) is 8.99. The average Bonchev–Trinajstić information content (AvgIpc) is 2.12. The molecule has 0 aliphatic rings. The standard InChI is InChI=1S/C2H6.2CH4N4/c1-2;2*2-4-1-5-3/h1-2H3;2*1-2H,3H2. The summed E-state index contributed by atoms with van der Waals surface area (Å²) in [6.07, 6.45) is 1.89. The molecule has 0 amide bonds. The zero-order valence-corrected chi connectivity index (χ0v) is 7.10. The lowest BCUT2D eigenvalue weighted by molar-refractivity contribution is 1.17. The van der Waals surface area contributed by atoms with Gasteiger partial charge in [0.05, 0.1) is 0 Å². The smallest absolute Gasteiger partial charge is 0.156 e. The highest BCUT2D eigenvalue weighted by Gasteiger charge is 1.44. The fraction of sp³-hybridized carbons (Fsp3) is 0.500. The molecule has 0 rings (SSSR count). The number of nitrogens with zero attached hydrogens (tertiary/aromatic N) is 4. The van der Waals surface area contributed by atoms with Gasteiger partial charge in [0.2, 0.25) is 0 Å². The van der Waals surface area contributed by atoms with Crippen molar-refractivity contribution in [1.82, 2.24) is 0 Å². The Morgan fingerprint density at radius 3 is 1.17 bits per heavy atom. The van der Waals surface area contributed by atoms with Crippen molar-refractivity contribution in [3.8, 4) is 0 Å². The van der Waals surface area contributed by atoms with Gasteiger partial charge in [0, 0.05) is 0 Å². The van der Waals surface area contributed by atoms with Crippen molar-refractivity contribution < 1.29 is 0 Å². The fourth-order valence-electron chi connectivity index (χ4n) is 0.0667. The number of hydrogen-bond donors (Lipinski definition) is 4. The summed E-state index contributed by atoms with van der Waals surface area (Å²) in [6, 6.07) is 0. The molecule has 8 heteroatoms. The molecule has 0 aliphatic heterocycles. The number of hydrogen-bond acceptors (Lipinski definition) is 6. The van der Waals surface area contributed by atoms with E-state index in [-0.39, 0.29) is 0 Å². The molecule has 0 aromatic carbocycles. The highest BCUT2D eigenvalue weighted by Crippen LogP contribution is 1.45. The third-order valence-electron chi connectivity index (χ3n) is 0.249. The summed E-state index contributed by atoms with van der Waals surface area (Å²) in [5, 5.41) is 11.1. The van der Waals surface area contributed by atoms with Crippen molar-refractivity contribution in [1.29, 1.82) is 11.1 Å². The third kappa shape index (κ3) is 90.6. The van der Waals surface area contributed by atoms with E-state index in [2.05, 4.69) is 32.1 Å². The number of nitrogens with one attached hydrogen (secondary N) is 2. The Morgan fingerprint density at radius 2 is 1.17 bits per heavy atom. The maximum absolute atomic E-state index is 6.00. The van der Waals surface area contributed by atoms with Gasteiger partial charge in [0.25, 0.3) is 0 Å². The first-order valence-electron chi connectivity index (χ1n) is 3.00. The number of rotatable bonds is 2. The van der Waals surface area contributed by atoms with Crippen LogP contribution in [0.1, 0.15) is 13.8 Å². The van der Waals surface area contributed by atoms with Gasteiger partial charge in [-0.15, -0.1) is 10.2 Å². The summed E-state index contributed by atoms with van der Waals surface area (Å²) in [7, 11) is 0. The first-order chi connectivity index (χ1) is 5.83. The van der Waals surface area contributed by atoms with Crippen LogP contribution in [0.5, 0.6) is 0 Å². The van der Waals surface area contributed by atoms with Gasteiger partial charge in [-0.1, -0.05) is 13.8 Å². The first-order valence-corrected chi connectivity index (χ1v) is 3.00. The van der Waals surface area contributed by atoms with E-state index in [1.807, 2.05) is 13.8 Å². The largest absolute Gasteiger partial charge is 0.322 e. The van der Waals surface area contributed by atoms with Gasteiger partial charge in [-0.2, -0.15) is 10.2 Å². The minimum absolute atomic E-state index is 0.944. The van der Waals surface area contributed by atoms with Crippen LogP contribution in [0.3, 0.4) is 0 Å². The van der Waals surface area contributed by atoms with Gasteiger partial charge >= 0.3 is 0 Å². The number of hydrazone groups is 2. The monoisotopic (exact) mass is 174 g/mol. The molecule has 0 radical (unpaired) electrons. The van der Waals surface area contributed by atoms with Crippen molar-refractivity contribution in [2.24, 2.45) is 32.1 Å². The summed E-state index contributed by atoms with van der Waals surface area (Å²) >= 11 is 0. The minimum Gasteiger partial charge on any atom is -0.322 e. The first kappa shape index (κ1) is 16.6. The van der Waals surface area contributed by atoms with Crippen LogP contribution in [0.2, 0.25) is 0 Å². The van der Waals surface area contributed by atoms with Crippen LogP contribution in [-0.4, -0.2) is 12.7 Å². The summed E-state index contributed by atoms with van der Waals surface area (Å²) in [6.45, 7) is 4.00. The molecule has 0 saturated carbocycles. The molecule has 8 nitrogen and oxygen atoms in total. The van der Waals surface area contributed by atoms with Crippen LogP contribution >= 0.6 is 0 Å². The van der Waals surface area contributed by atoms with Crippen molar-refractivity contribution in [3.05, 3.63) is 0 Å². The predicted octanol–water partition coefficient (Wildman–Crippen LogP) is 0.865. The minimum atomic E-state index is 0.944. The quantitative estimate of drug-likeness (QED) is 0.161. The van der Waals surface area contributed by atoms with Crippen LogP contribution in [0.4, 0.5) is 0 Å². The lowest BCUT2D eigenvalue weighted by Gasteiger charge is -1.58. The van der Waals surface area contributed by atoms with E-state index < -0.39 is 0 Å². The zero-order chi connectivity index (χ0) is 10.2. The molecule has 0 spiro atoms. The van der Waals surface area contributed by atoms with Crippen molar-refractivity contribution >= 4 is 12.7 Å². The molecular weight excluding hydrogens is 160 g/mol. The molecule has 12 heavy (non-hydrogen) atoms. The Kier molecular flexibility index (Phi) is 48.9. The fourth-order valence-corrected chi connectivity index (χ4v) is 0.0667. The molecular formula is C4H14N8. The molecule has 0 bridgehead atoms. The summed E-state index contributed by atoms with van der Waals surface area (Å²) < 4.78 is 0. The molecule has 0 heterocycles. The van der Waals surface area contributed by atoms with Gasteiger partial charge in [0.15, 0.2) is 12.7 Å². The van der Waals surface area contributed by atoms with Gasteiger partial charge in [-0.3, -0.25) is 0 Å². The zero-order valence-electron chi connectivity index (χ0n) is 7.10. The lowest BCUT2D eigenvalue weighted by Crippen LogP contribution is -1.75. The second-order valence-corrected chi connectivity index (χ2v) is 0.787. The topological polar surface area (TPSA) is 149 Å². The third-order valence-corrected chi connectivity index (χ3v) is 0.249. The van der Waals surface area contributed by atoms with Crippen molar-refractivity contribution in [2.75, 3.05) is 0 Å². The van der Waals surface area contributed by atoms with Crippen LogP contribution in [0, 0.1) is 11.1 Å². The van der Waals surface area contributed by atoms with Crippen molar-refractivity contribution in [3.63, 3.8) is 0 Å². The molecule has 0 atom stereocenters. The lowest BCUT2D eigenvalue weighted by atomic mass is 11.0. The van der Waals surface area contributed by atoms with E-state index in [0.29, 0.717) is 0 Å². The normalized spacial score (nSPS) is 7.83. The molecule has 0 aromatic rings. The van der Waals surface area contributed by atoms with Crippen LogP contribution < -0.4 is 11.7 Å². The summed E-state index contributed by atoms with van der Waals surface area (Å²) in [5.41, 5.74) is 12.0. The van der Waals surface area contributed by atoms with E-state index in [1.54, 1.807) is 0 Å². The Morgan fingerprint density at radius 1 is 0.917 bits per heavy atom. The second kappa shape index (κ2) is 35.3. The molecule has 0 fully saturated rings. The maximum atomic E-state index is 6.00. The SMILES string of the molecule is CC.N=NC=NN.N=NC=NN. The molecule has 6 N–H and O–H groups in total. The molecule has 70 valence electrons. The maximum Gasteiger partial charge on any atom is 0.156 e. The second-order valence-electron chi connectivity index (χ2n) is 0.787. The van der Waals surface area contributed by atoms with E-state index in [4.69, 9.17) is 11.1 Å². The van der Waals surface area contributed by atoms with Gasteiger partial charge in [-0.05, 0) is 0 Å². The molecule has 0 saturated heterocycles. The van der Waals surface area contributed by atoms with Crippen molar-refractivity contribution in [2.45, 2.75) is 13.8 Å². The molecule has 0 aliphatic carbocycles. The predicted molar refractivity (Wildman–Crippen MR) is 47.0 cm³/mol. The molecule has 0 aromatic heterocycles. The van der Waals surface area contributed by atoms with Crippen LogP contribution in [0.25, 0.3) is 0 Å². The Balaban J connectivity index is -0.000000112. The Bertz CT molecular complexity index is 111.